The molecule has 1 aliphatic heterocycles. The number of Topliss-reactive ketones (excluding diaryl/α,β-unsaturated/α-hetero) is 1. The molecule has 1 saturated heterocycles. The smallest absolute Gasteiger partial charge is 0.289 e. The molecule has 28 heavy (non-hydrogen) atoms. The molecular weight excluding hydrogens is 376 g/mol. The Kier molecular flexibility index (Phi) is 6.66. The largest absolute Gasteiger partial charge is 0.496 e. The number of halogens is 2. The van der Waals surface area contributed by atoms with Gasteiger partial charge in [-0.05, 0) is 24.1 Å². The average molecular weight is 397 g/mol. The van der Waals surface area contributed by atoms with Crippen LogP contribution in [0, 0.1) is 6.92 Å². The topological polar surface area (TPSA) is 105 Å². The van der Waals surface area contributed by atoms with Gasteiger partial charge in [0.25, 0.3) is 11.8 Å². The summed E-state index contributed by atoms with van der Waals surface area (Å²) in [5, 5.41) is 4.44. The van der Waals surface area contributed by atoms with Crippen molar-refractivity contribution < 1.29 is 32.7 Å². The van der Waals surface area contributed by atoms with Gasteiger partial charge in [-0.3, -0.25) is 19.2 Å². The van der Waals surface area contributed by atoms with Crippen LogP contribution in [0.25, 0.3) is 0 Å². The summed E-state index contributed by atoms with van der Waals surface area (Å²) in [4.78, 5) is 47.4. The number of amides is 3. The molecule has 0 aliphatic carbocycles. The molecule has 8 nitrogen and oxygen atoms in total. The van der Waals surface area contributed by atoms with Crippen molar-refractivity contribution in [3.63, 3.8) is 0 Å². The number of nitrogens with zero attached hydrogens (tertiary/aromatic N) is 1. The lowest BCUT2D eigenvalue weighted by Gasteiger charge is -2.22. The first kappa shape index (κ1) is 21.3. The molecule has 1 heterocycles. The highest BCUT2D eigenvalue weighted by Gasteiger charge is 2.50. The zero-order valence-corrected chi connectivity index (χ0v) is 15.5. The maximum absolute atomic E-state index is 13.7. The van der Waals surface area contributed by atoms with Crippen molar-refractivity contribution >= 4 is 24.0 Å². The van der Waals surface area contributed by atoms with Gasteiger partial charge >= 0.3 is 0 Å². The van der Waals surface area contributed by atoms with Crippen molar-refractivity contribution in [3.05, 3.63) is 29.3 Å². The number of likely N-dealkylation sites (tertiary alicyclic amines) is 1. The molecule has 2 N–H and O–H groups in total. The summed E-state index contributed by atoms with van der Waals surface area (Å²) in [5.74, 6) is -5.74. The van der Waals surface area contributed by atoms with Crippen molar-refractivity contribution in [2.24, 2.45) is 0 Å². The third-order valence-corrected chi connectivity index (χ3v) is 4.38. The minimum absolute atomic E-state index is 0.00896. The molecule has 2 rings (SSSR count). The number of carbonyl (C=O) groups is 4. The minimum Gasteiger partial charge on any atom is -0.496 e. The Morgan fingerprint density at radius 2 is 2.07 bits per heavy atom. The fraction of sp³-hybridized carbons (Fsp3) is 0.444. The average Bonchev–Trinajstić information content (AvgIpc) is 3.00. The van der Waals surface area contributed by atoms with Gasteiger partial charge < -0.3 is 20.3 Å². The number of alkyl halides is 2. The van der Waals surface area contributed by atoms with E-state index in [0.717, 1.165) is 5.56 Å². The molecule has 0 bridgehead atoms. The Labute approximate surface area is 160 Å². The summed E-state index contributed by atoms with van der Waals surface area (Å²) in [6, 6.07) is 3.61. The van der Waals surface area contributed by atoms with Crippen molar-refractivity contribution in [1.82, 2.24) is 15.5 Å². The second kappa shape index (κ2) is 8.77. The first-order chi connectivity index (χ1) is 13.2. The third-order valence-electron chi connectivity index (χ3n) is 4.38. The van der Waals surface area contributed by atoms with Crippen molar-refractivity contribution in [3.8, 4) is 5.75 Å². The molecule has 0 saturated carbocycles. The van der Waals surface area contributed by atoms with Gasteiger partial charge in [0.1, 0.15) is 11.8 Å². The maximum Gasteiger partial charge on any atom is 0.289 e. The maximum atomic E-state index is 13.7. The summed E-state index contributed by atoms with van der Waals surface area (Å²) in [6.45, 7) is 0.320. The predicted octanol–water partition coefficient (Wildman–Crippen LogP) is 0.171. The highest BCUT2D eigenvalue weighted by Crippen LogP contribution is 2.32. The van der Waals surface area contributed by atoms with E-state index in [9.17, 15) is 28.0 Å². The summed E-state index contributed by atoms with van der Waals surface area (Å²) in [7, 11) is 1.50. The fourth-order valence-corrected chi connectivity index (χ4v) is 2.94. The van der Waals surface area contributed by atoms with Crippen LogP contribution in [0.1, 0.15) is 17.5 Å². The van der Waals surface area contributed by atoms with Crippen LogP contribution >= 0.6 is 0 Å². The molecule has 1 aromatic rings. The zero-order chi connectivity index (χ0) is 20.9. The first-order valence-electron chi connectivity index (χ1n) is 8.48. The lowest BCUT2D eigenvalue weighted by Crippen LogP contribution is -2.48. The van der Waals surface area contributed by atoms with E-state index in [-0.39, 0.29) is 13.0 Å². The van der Waals surface area contributed by atoms with Crippen molar-refractivity contribution in [2.45, 2.75) is 31.9 Å². The van der Waals surface area contributed by atoms with Gasteiger partial charge in [-0.15, -0.1) is 0 Å². The highest BCUT2D eigenvalue weighted by molar-refractivity contribution is 6.38. The number of rotatable bonds is 8. The van der Waals surface area contributed by atoms with Gasteiger partial charge in [-0.2, -0.15) is 0 Å². The number of hydrogen-bond acceptors (Lipinski definition) is 5. The Morgan fingerprint density at radius 1 is 1.36 bits per heavy atom. The van der Waals surface area contributed by atoms with Gasteiger partial charge in [0.05, 0.1) is 20.2 Å². The molecular formula is C18H21F2N3O5. The van der Waals surface area contributed by atoms with Crippen LogP contribution in [-0.4, -0.2) is 61.1 Å². The number of methoxy groups -OCH3 is 1. The van der Waals surface area contributed by atoms with E-state index in [1.165, 1.54) is 7.11 Å². The number of nitrogens with one attached hydrogen (secondary N) is 2. The molecule has 0 spiro atoms. The molecule has 3 amide bonds. The number of ketones is 1. The van der Waals surface area contributed by atoms with E-state index in [1.807, 2.05) is 6.92 Å². The lowest BCUT2D eigenvalue weighted by molar-refractivity contribution is -0.144. The second-order valence-electron chi connectivity index (χ2n) is 6.45. The number of ether oxygens (including phenoxy) is 1. The Balaban J connectivity index is 2.04. The van der Waals surface area contributed by atoms with E-state index in [4.69, 9.17) is 4.74 Å². The fourth-order valence-electron chi connectivity index (χ4n) is 2.94. The number of carbonyl (C=O) groups excluding carboxylic acids is 4. The molecule has 1 aromatic carbocycles. The van der Waals surface area contributed by atoms with Gasteiger partial charge in [0.15, 0.2) is 0 Å². The Morgan fingerprint density at radius 3 is 2.71 bits per heavy atom. The molecule has 1 aliphatic rings. The van der Waals surface area contributed by atoms with Crippen LogP contribution in [0.3, 0.4) is 0 Å². The van der Waals surface area contributed by atoms with E-state index in [1.54, 1.807) is 18.2 Å². The standard InChI is InChI=1S/C18H21F2N3O5/c1-11-3-4-12(5-14(11)28-2)7-22-17(27)16(26)13-6-18(19,20)9-23(13)15(25)8-21-10-24/h3-5,10,13H,6-9H2,1-2H3,(H,21,24)(H,22,27). The Hall–Kier alpha value is -3.04. The second-order valence-corrected chi connectivity index (χ2v) is 6.45. The third kappa shape index (κ3) is 5.02. The van der Waals surface area contributed by atoms with Crippen LogP contribution in [0.15, 0.2) is 18.2 Å². The molecule has 0 radical (unpaired) electrons. The van der Waals surface area contributed by atoms with E-state index in [0.29, 0.717) is 16.2 Å². The predicted molar refractivity (Wildman–Crippen MR) is 93.7 cm³/mol. The summed E-state index contributed by atoms with van der Waals surface area (Å²) in [6.07, 6.45) is -0.698. The first-order valence-corrected chi connectivity index (χ1v) is 8.48. The number of hydrogen-bond donors (Lipinski definition) is 2. The zero-order valence-electron chi connectivity index (χ0n) is 15.5. The molecule has 1 atom stereocenters. The normalized spacial score (nSPS) is 17.7. The minimum atomic E-state index is -3.29. The highest BCUT2D eigenvalue weighted by atomic mass is 19.3. The monoisotopic (exact) mass is 397 g/mol. The van der Waals surface area contributed by atoms with E-state index >= 15 is 0 Å². The molecule has 1 fully saturated rings. The van der Waals surface area contributed by atoms with E-state index < -0.39 is 49.1 Å². The van der Waals surface area contributed by atoms with Crippen LogP contribution in [-0.2, 0) is 25.7 Å². The van der Waals surface area contributed by atoms with E-state index in [2.05, 4.69) is 10.6 Å². The Bertz CT molecular complexity index is 784. The summed E-state index contributed by atoms with van der Waals surface area (Å²) >= 11 is 0. The summed E-state index contributed by atoms with van der Waals surface area (Å²) in [5.41, 5.74) is 1.54. The van der Waals surface area contributed by atoms with Crippen LogP contribution in [0.4, 0.5) is 8.78 Å². The number of benzene rings is 1. The van der Waals surface area contributed by atoms with Crippen LogP contribution in [0.5, 0.6) is 5.75 Å². The van der Waals surface area contributed by atoms with Crippen molar-refractivity contribution in [1.29, 1.82) is 0 Å². The molecule has 10 heteroatoms. The molecule has 1 unspecified atom stereocenters. The van der Waals surface area contributed by atoms with Gasteiger partial charge in [0.2, 0.25) is 18.1 Å². The van der Waals surface area contributed by atoms with Crippen LogP contribution < -0.4 is 15.4 Å². The number of aryl methyl sites for hydroxylation is 1. The lowest BCUT2D eigenvalue weighted by atomic mass is 10.1. The van der Waals surface area contributed by atoms with Gasteiger partial charge in [-0.1, -0.05) is 12.1 Å². The summed E-state index contributed by atoms with van der Waals surface area (Å²) < 4.78 is 32.7. The van der Waals surface area contributed by atoms with Gasteiger partial charge in [-0.25, -0.2) is 8.78 Å². The van der Waals surface area contributed by atoms with Gasteiger partial charge in [0, 0.05) is 13.0 Å². The molecule has 0 aromatic heterocycles. The van der Waals surface area contributed by atoms with Crippen LogP contribution in [0.2, 0.25) is 0 Å². The van der Waals surface area contributed by atoms with Crippen molar-refractivity contribution in [2.75, 3.05) is 20.2 Å². The molecule has 152 valence electrons. The SMILES string of the molecule is COc1cc(CNC(=O)C(=O)C2CC(F)(F)CN2C(=O)CNC=O)ccc1C. The quantitative estimate of drug-likeness (QED) is 0.481.